The molecular formula is C24H36B2BrN2O4. The van der Waals surface area contributed by atoms with Crippen molar-refractivity contribution in [3.63, 3.8) is 0 Å². The molecule has 2 saturated heterocycles. The second kappa shape index (κ2) is 10.6. The highest BCUT2D eigenvalue weighted by Crippen LogP contribution is 2.36. The van der Waals surface area contributed by atoms with Gasteiger partial charge in [-0.05, 0) is 103 Å². The monoisotopic (exact) mass is 517 g/mol. The molecular weight excluding hydrogens is 482 g/mol. The standard InChI is InChI=1S/C12H18BNO2.C6H12BO2.C6H6BrN/c1-9-10(7-6-8-14-9)13-15-11(2,3)12(4,5)16-13;1-5(2)6(3,4)9-7-8-5;1-5-6(7)3-2-4-8-5/h6-8H,1-5H3;1-4H3;2-4H,1H3. The molecule has 2 fully saturated rings. The molecule has 0 unspecified atom stereocenters. The largest absolute Gasteiger partial charge is 0.496 e. The first-order valence-electron chi connectivity index (χ1n) is 11.1. The van der Waals surface area contributed by atoms with Crippen LogP contribution < -0.4 is 5.46 Å². The molecule has 4 rings (SSSR count). The zero-order chi connectivity index (χ0) is 25.1. The van der Waals surface area contributed by atoms with Gasteiger partial charge in [0.05, 0.1) is 28.1 Å². The first-order valence-corrected chi connectivity index (χ1v) is 11.9. The first-order chi connectivity index (χ1) is 15.1. The third-order valence-corrected chi connectivity index (χ3v) is 7.47. The molecule has 0 amide bonds. The number of hydrogen-bond acceptors (Lipinski definition) is 6. The smallest absolute Gasteiger partial charge is 0.405 e. The van der Waals surface area contributed by atoms with E-state index in [4.69, 9.17) is 18.6 Å². The Morgan fingerprint density at radius 1 is 0.727 bits per heavy atom. The summed E-state index contributed by atoms with van der Waals surface area (Å²) in [5.41, 5.74) is 2.05. The number of hydrogen-bond donors (Lipinski definition) is 0. The van der Waals surface area contributed by atoms with Crippen LogP contribution >= 0.6 is 15.9 Å². The van der Waals surface area contributed by atoms with Crippen molar-refractivity contribution in [2.45, 2.75) is 91.6 Å². The van der Waals surface area contributed by atoms with Crippen LogP contribution in [0.25, 0.3) is 0 Å². The fourth-order valence-corrected chi connectivity index (χ4v) is 2.98. The zero-order valence-corrected chi connectivity index (χ0v) is 23.1. The number of aromatic nitrogens is 2. The lowest BCUT2D eigenvalue weighted by Crippen LogP contribution is -2.41. The molecule has 4 heterocycles. The Kier molecular flexibility index (Phi) is 8.96. The predicted octanol–water partition coefficient (Wildman–Crippen LogP) is 4.97. The Labute approximate surface area is 208 Å². The molecule has 9 heteroatoms. The average molecular weight is 518 g/mol. The van der Waals surface area contributed by atoms with Crippen LogP contribution in [0.2, 0.25) is 0 Å². The van der Waals surface area contributed by atoms with Gasteiger partial charge in [-0.1, -0.05) is 6.07 Å². The van der Waals surface area contributed by atoms with E-state index in [-0.39, 0.29) is 29.5 Å². The van der Waals surface area contributed by atoms with E-state index in [1.807, 2.05) is 65.8 Å². The number of nitrogens with zero attached hydrogens (tertiary/aromatic N) is 2. The molecule has 2 aliphatic rings. The molecule has 2 aromatic rings. The number of aryl methyl sites for hydroxylation is 2. The maximum Gasteiger partial charge on any atom is 0.496 e. The molecule has 33 heavy (non-hydrogen) atoms. The molecule has 0 atom stereocenters. The summed E-state index contributed by atoms with van der Waals surface area (Å²) in [6.45, 7) is 20.2. The normalized spacial score (nSPS) is 21.2. The van der Waals surface area contributed by atoms with Crippen molar-refractivity contribution in [3.05, 3.63) is 52.5 Å². The Balaban J connectivity index is 0.000000192. The molecule has 0 bridgehead atoms. The summed E-state index contributed by atoms with van der Waals surface area (Å²) in [6.07, 6.45) is 3.56. The van der Waals surface area contributed by atoms with Crippen LogP contribution in [-0.4, -0.2) is 47.2 Å². The highest BCUT2D eigenvalue weighted by atomic mass is 79.9. The van der Waals surface area contributed by atoms with Crippen LogP contribution in [0.4, 0.5) is 0 Å². The van der Waals surface area contributed by atoms with Gasteiger partial charge in [0, 0.05) is 28.0 Å². The van der Waals surface area contributed by atoms with Crippen LogP contribution in [0.5, 0.6) is 0 Å². The van der Waals surface area contributed by atoms with Gasteiger partial charge < -0.3 is 18.6 Å². The van der Waals surface area contributed by atoms with E-state index in [9.17, 15) is 0 Å². The van der Waals surface area contributed by atoms with E-state index >= 15 is 0 Å². The molecule has 0 aliphatic carbocycles. The Hall–Kier alpha value is -1.25. The minimum absolute atomic E-state index is 0.187. The van der Waals surface area contributed by atoms with Crippen LogP contribution in [0, 0.1) is 13.8 Å². The Bertz CT molecular complexity index is 887. The van der Waals surface area contributed by atoms with E-state index in [0.717, 1.165) is 21.3 Å². The third kappa shape index (κ3) is 6.89. The number of rotatable bonds is 1. The predicted molar refractivity (Wildman–Crippen MR) is 137 cm³/mol. The summed E-state index contributed by atoms with van der Waals surface area (Å²) in [7, 11) is 1.11. The van der Waals surface area contributed by atoms with Gasteiger partial charge in [-0.2, -0.15) is 0 Å². The van der Waals surface area contributed by atoms with Crippen molar-refractivity contribution in [3.8, 4) is 0 Å². The lowest BCUT2D eigenvalue weighted by atomic mass is 9.78. The minimum atomic E-state index is -0.307. The molecule has 6 nitrogen and oxygen atoms in total. The van der Waals surface area contributed by atoms with E-state index in [2.05, 4.69) is 53.6 Å². The van der Waals surface area contributed by atoms with Gasteiger partial charge in [-0.15, -0.1) is 0 Å². The molecule has 0 N–H and O–H groups in total. The summed E-state index contributed by atoms with van der Waals surface area (Å²) in [6, 6.07) is 7.79. The summed E-state index contributed by atoms with van der Waals surface area (Å²) in [4.78, 5) is 8.29. The summed E-state index contributed by atoms with van der Waals surface area (Å²) < 4.78 is 23.4. The maximum atomic E-state index is 5.97. The van der Waals surface area contributed by atoms with Gasteiger partial charge in [0.15, 0.2) is 0 Å². The van der Waals surface area contributed by atoms with Crippen molar-refractivity contribution in [2.75, 3.05) is 0 Å². The summed E-state index contributed by atoms with van der Waals surface area (Å²) >= 11 is 3.33. The second-order valence-electron chi connectivity index (χ2n) is 10.2. The van der Waals surface area contributed by atoms with Crippen molar-refractivity contribution >= 4 is 36.2 Å². The van der Waals surface area contributed by atoms with Gasteiger partial charge in [0.1, 0.15) is 0 Å². The van der Waals surface area contributed by atoms with Crippen LogP contribution in [0.1, 0.15) is 66.8 Å². The van der Waals surface area contributed by atoms with Gasteiger partial charge in [-0.25, -0.2) is 0 Å². The molecule has 0 saturated carbocycles. The van der Waals surface area contributed by atoms with Gasteiger partial charge in [-0.3, -0.25) is 9.97 Å². The molecule has 0 aromatic carbocycles. The Morgan fingerprint density at radius 3 is 1.52 bits per heavy atom. The van der Waals surface area contributed by atoms with Crippen molar-refractivity contribution in [1.82, 2.24) is 9.97 Å². The lowest BCUT2D eigenvalue weighted by Gasteiger charge is -2.32. The third-order valence-electron chi connectivity index (χ3n) is 6.63. The van der Waals surface area contributed by atoms with E-state index in [1.165, 1.54) is 7.69 Å². The van der Waals surface area contributed by atoms with Crippen molar-refractivity contribution < 1.29 is 18.6 Å². The average Bonchev–Trinajstić information content (AvgIpc) is 3.07. The summed E-state index contributed by atoms with van der Waals surface area (Å²) in [5.74, 6) is 0. The maximum absolute atomic E-state index is 5.97. The lowest BCUT2D eigenvalue weighted by molar-refractivity contribution is 0.00578. The summed E-state index contributed by atoms with van der Waals surface area (Å²) in [5, 5.41) is 0. The van der Waals surface area contributed by atoms with Crippen molar-refractivity contribution in [2.24, 2.45) is 0 Å². The minimum Gasteiger partial charge on any atom is -0.405 e. The molecule has 0 spiro atoms. The molecule has 179 valence electrons. The van der Waals surface area contributed by atoms with Crippen LogP contribution in [-0.2, 0) is 18.6 Å². The molecule has 1 radical (unpaired) electrons. The quantitative estimate of drug-likeness (QED) is 0.498. The van der Waals surface area contributed by atoms with Gasteiger partial charge in [0.2, 0.25) is 0 Å². The highest BCUT2D eigenvalue weighted by Gasteiger charge is 2.52. The zero-order valence-electron chi connectivity index (χ0n) is 21.5. The van der Waals surface area contributed by atoms with E-state index < -0.39 is 0 Å². The van der Waals surface area contributed by atoms with E-state index in [0.29, 0.717) is 0 Å². The molecule has 2 aromatic heterocycles. The highest BCUT2D eigenvalue weighted by molar-refractivity contribution is 9.10. The molecule has 2 aliphatic heterocycles. The number of pyridine rings is 2. The fourth-order valence-electron chi connectivity index (χ4n) is 2.73. The van der Waals surface area contributed by atoms with Gasteiger partial charge >= 0.3 is 14.8 Å². The van der Waals surface area contributed by atoms with Crippen molar-refractivity contribution in [1.29, 1.82) is 0 Å². The second-order valence-corrected chi connectivity index (χ2v) is 11.0. The van der Waals surface area contributed by atoms with Gasteiger partial charge in [0.25, 0.3) is 0 Å². The van der Waals surface area contributed by atoms with Crippen LogP contribution in [0.3, 0.4) is 0 Å². The Morgan fingerprint density at radius 2 is 1.18 bits per heavy atom. The van der Waals surface area contributed by atoms with E-state index in [1.54, 1.807) is 12.4 Å². The number of halogens is 1. The first kappa shape index (κ1) is 28.0. The fraction of sp³-hybridized carbons (Fsp3) is 0.583. The SMILES string of the molecule is CC1(C)O[B]OC1(C)C.Cc1ncccc1B1OC(C)(C)C(C)(C)O1.Cc1ncccc1Br. The van der Waals surface area contributed by atoms with Crippen LogP contribution in [0.15, 0.2) is 41.1 Å². The topological polar surface area (TPSA) is 62.7 Å².